The molecule has 2 heteroatoms. The van der Waals surface area contributed by atoms with E-state index in [1.54, 1.807) is 18.4 Å². The van der Waals surface area contributed by atoms with Gasteiger partial charge in [0.25, 0.3) is 7.11 Å². The molecular weight excluding hydrogens is 252 g/mol. The molecule has 0 spiro atoms. The van der Waals surface area contributed by atoms with Crippen LogP contribution in [0.25, 0.3) is 26.9 Å². The number of rotatable bonds is 0. The van der Waals surface area contributed by atoms with Gasteiger partial charge in [0.05, 0.1) is 6.42 Å². The summed E-state index contributed by atoms with van der Waals surface area (Å²) in [5.41, 5.74) is 2.70. The molecule has 0 aliphatic heterocycles. The van der Waals surface area contributed by atoms with Crippen LogP contribution in [0.1, 0.15) is 11.1 Å². The standard InChI is InChI=1S/C17H13OS/c1-18-13-5-6-14-12(10-13)3-2-11-4-7-16-15(17(11)14)8-9-19-16/h2-9H,10H2,1H3/q+1. The first kappa shape index (κ1) is 10.9. The van der Waals surface area contributed by atoms with Crippen molar-refractivity contribution in [2.45, 2.75) is 6.42 Å². The highest BCUT2D eigenvalue weighted by molar-refractivity contribution is 7.17. The lowest BCUT2D eigenvalue weighted by atomic mass is 9.90. The van der Waals surface area contributed by atoms with E-state index in [1.807, 2.05) is 0 Å². The fourth-order valence-electron chi connectivity index (χ4n) is 2.85. The average molecular weight is 265 g/mol. The Morgan fingerprint density at radius 1 is 1.05 bits per heavy atom. The molecule has 1 aromatic heterocycles. The summed E-state index contributed by atoms with van der Waals surface area (Å²) in [4.78, 5) is 0. The number of hydrogen-bond acceptors (Lipinski definition) is 1. The highest BCUT2D eigenvalue weighted by atomic mass is 32.1. The fourth-order valence-corrected chi connectivity index (χ4v) is 3.64. The van der Waals surface area contributed by atoms with Crippen LogP contribution < -0.4 is 0 Å². The predicted molar refractivity (Wildman–Crippen MR) is 83.0 cm³/mol. The highest BCUT2D eigenvalue weighted by Gasteiger charge is 2.18. The van der Waals surface area contributed by atoms with Gasteiger partial charge in [0, 0.05) is 16.2 Å². The topological polar surface area (TPSA) is 11.3 Å². The molecule has 0 atom stereocenters. The normalized spacial score (nSPS) is 16.4. The van der Waals surface area contributed by atoms with Crippen molar-refractivity contribution in [1.82, 2.24) is 0 Å². The van der Waals surface area contributed by atoms with Crippen molar-refractivity contribution in [3.05, 3.63) is 52.9 Å². The van der Waals surface area contributed by atoms with Crippen LogP contribution in [0, 0.1) is 0 Å². The van der Waals surface area contributed by atoms with Gasteiger partial charge in [-0.15, -0.1) is 11.3 Å². The smallest absolute Gasteiger partial charge is 0.262 e. The molecule has 0 unspecified atom stereocenters. The Labute approximate surface area is 115 Å². The van der Waals surface area contributed by atoms with Crippen LogP contribution in [0.4, 0.5) is 0 Å². The number of benzene rings is 2. The summed E-state index contributed by atoms with van der Waals surface area (Å²) in [6, 6.07) is 11.1. The van der Waals surface area contributed by atoms with Crippen molar-refractivity contribution in [1.29, 1.82) is 0 Å². The zero-order valence-electron chi connectivity index (χ0n) is 10.6. The van der Waals surface area contributed by atoms with E-state index in [-0.39, 0.29) is 0 Å². The number of carbonyl (C=O) groups excluding carboxylic acids is 1. The van der Waals surface area contributed by atoms with Gasteiger partial charge in [-0.3, -0.25) is 4.42 Å². The second-order valence-electron chi connectivity index (χ2n) is 4.81. The van der Waals surface area contributed by atoms with Gasteiger partial charge < -0.3 is 0 Å². The largest absolute Gasteiger partial charge is 0.323 e. The molecule has 0 bridgehead atoms. The Hall–Kier alpha value is -1.93. The molecule has 19 heavy (non-hydrogen) atoms. The first-order chi connectivity index (χ1) is 9.36. The Morgan fingerprint density at radius 2 is 1.95 bits per heavy atom. The highest BCUT2D eigenvalue weighted by Crippen LogP contribution is 2.35. The van der Waals surface area contributed by atoms with Crippen LogP contribution in [-0.2, 0) is 10.8 Å². The Morgan fingerprint density at radius 3 is 2.84 bits per heavy atom. The molecule has 2 aromatic carbocycles. The van der Waals surface area contributed by atoms with Crippen LogP contribution in [-0.4, -0.2) is 12.9 Å². The first-order valence-corrected chi connectivity index (χ1v) is 7.24. The summed E-state index contributed by atoms with van der Waals surface area (Å²) in [5.74, 6) is 1.03. The van der Waals surface area contributed by atoms with Crippen LogP contribution >= 0.6 is 11.3 Å². The van der Waals surface area contributed by atoms with E-state index in [0.29, 0.717) is 0 Å². The van der Waals surface area contributed by atoms with E-state index in [2.05, 4.69) is 47.9 Å². The lowest BCUT2D eigenvalue weighted by molar-refractivity contribution is -0.420. The Kier molecular flexibility index (Phi) is 2.32. The van der Waals surface area contributed by atoms with E-state index in [1.165, 1.54) is 32.0 Å². The summed E-state index contributed by atoms with van der Waals surface area (Å²) in [5, 5.41) is 6.23. The number of hydrogen-bond donors (Lipinski definition) is 0. The maximum absolute atomic E-state index is 5.36. The molecule has 1 heterocycles. The van der Waals surface area contributed by atoms with Gasteiger partial charge in [-0.05, 0) is 45.5 Å². The van der Waals surface area contributed by atoms with Crippen molar-refractivity contribution in [3.63, 3.8) is 0 Å². The lowest BCUT2D eigenvalue weighted by Gasteiger charge is -2.12. The van der Waals surface area contributed by atoms with Gasteiger partial charge in [0.15, 0.2) is 0 Å². The van der Waals surface area contributed by atoms with Gasteiger partial charge >= 0.3 is 5.78 Å². The second kappa shape index (κ2) is 4.04. The summed E-state index contributed by atoms with van der Waals surface area (Å²) in [7, 11) is 1.74. The third-order valence-corrected chi connectivity index (χ3v) is 4.69. The molecule has 92 valence electrons. The van der Waals surface area contributed by atoms with E-state index >= 15 is 0 Å². The quantitative estimate of drug-likeness (QED) is 0.535. The Balaban J connectivity index is 2.15. The van der Waals surface area contributed by atoms with Crippen molar-refractivity contribution in [3.8, 4) is 0 Å². The van der Waals surface area contributed by atoms with E-state index < -0.39 is 0 Å². The summed E-state index contributed by atoms with van der Waals surface area (Å²) < 4.78 is 6.72. The molecule has 1 aliphatic carbocycles. The third-order valence-electron chi connectivity index (χ3n) is 3.81. The number of ketones is 1. The zero-order chi connectivity index (χ0) is 12.8. The van der Waals surface area contributed by atoms with Gasteiger partial charge in [0.1, 0.15) is 0 Å². The van der Waals surface area contributed by atoms with E-state index in [9.17, 15) is 0 Å². The number of fused-ring (bicyclic) bond motifs is 5. The van der Waals surface area contributed by atoms with Crippen molar-refractivity contribution < 1.29 is 4.42 Å². The fraction of sp³-hybridized carbons (Fsp3) is 0.118. The average Bonchev–Trinajstić information content (AvgIpc) is 2.94. The van der Waals surface area contributed by atoms with E-state index in [0.717, 1.165) is 12.2 Å². The van der Waals surface area contributed by atoms with Gasteiger partial charge in [-0.2, -0.15) is 0 Å². The van der Waals surface area contributed by atoms with Crippen molar-refractivity contribution in [2.75, 3.05) is 7.11 Å². The zero-order valence-corrected chi connectivity index (χ0v) is 11.5. The van der Waals surface area contributed by atoms with Crippen LogP contribution in [0.2, 0.25) is 0 Å². The second-order valence-corrected chi connectivity index (χ2v) is 5.76. The number of thiophene rings is 1. The first-order valence-electron chi connectivity index (χ1n) is 6.36. The van der Waals surface area contributed by atoms with Crippen molar-refractivity contribution in [2.24, 2.45) is 0 Å². The van der Waals surface area contributed by atoms with Gasteiger partial charge in [0.2, 0.25) is 0 Å². The molecule has 3 aromatic rings. The minimum Gasteiger partial charge on any atom is -0.262 e. The summed E-state index contributed by atoms with van der Waals surface area (Å²) >= 11 is 1.80. The summed E-state index contributed by atoms with van der Waals surface area (Å²) in [6.07, 6.45) is 5.17. The molecule has 0 radical (unpaired) electrons. The molecular formula is C17H13OS+. The Bertz CT molecular complexity index is 852. The van der Waals surface area contributed by atoms with Crippen LogP contribution in [0.15, 0.2) is 41.8 Å². The number of allylic oxidation sites excluding steroid dienone is 1. The molecule has 4 rings (SSSR count). The molecule has 0 fully saturated rings. The minimum absolute atomic E-state index is 0.888. The predicted octanol–water partition coefficient (Wildman–Crippen LogP) is 4.36. The third kappa shape index (κ3) is 1.57. The molecule has 0 saturated heterocycles. The molecule has 0 saturated carbocycles. The van der Waals surface area contributed by atoms with Crippen LogP contribution in [0.3, 0.4) is 0 Å². The molecule has 1 aliphatic rings. The molecule has 1 nitrogen and oxygen atoms in total. The van der Waals surface area contributed by atoms with E-state index in [4.69, 9.17) is 4.42 Å². The maximum atomic E-state index is 5.36. The maximum Gasteiger partial charge on any atom is 0.323 e. The SMILES string of the molecule is C[O+]=C1C=Cc2c(ccc3ccc4sccc4c23)C1. The minimum atomic E-state index is 0.888. The summed E-state index contributed by atoms with van der Waals surface area (Å²) in [6.45, 7) is 0. The molecule has 0 N–H and O–H groups in total. The van der Waals surface area contributed by atoms with Gasteiger partial charge in [-0.1, -0.05) is 18.2 Å². The molecule has 0 amide bonds. The lowest BCUT2D eigenvalue weighted by Crippen LogP contribution is -2.07. The van der Waals surface area contributed by atoms with Gasteiger partial charge in [-0.25, -0.2) is 0 Å². The monoisotopic (exact) mass is 265 g/mol. The van der Waals surface area contributed by atoms with Crippen molar-refractivity contribution >= 4 is 44.1 Å². The van der Waals surface area contributed by atoms with Crippen LogP contribution in [0.5, 0.6) is 0 Å².